The van der Waals surface area contributed by atoms with Crippen LogP contribution in [0.1, 0.15) is 12.0 Å². The van der Waals surface area contributed by atoms with Gasteiger partial charge in [-0.2, -0.15) is 0 Å². The van der Waals surface area contributed by atoms with Crippen molar-refractivity contribution in [1.29, 1.82) is 0 Å². The van der Waals surface area contributed by atoms with Crippen molar-refractivity contribution < 1.29 is 14.6 Å². The van der Waals surface area contributed by atoms with E-state index in [9.17, 15) is 9.90 Å². The number of benzene rings is 1. The fourth-order valence-electron chi connectivity index (χ4n) is 2.24. The molecule has 0 bridgehead atoms. The molecule has 0 heterocycles. The number of allylic oxidation sites excluding steroid dienone is 5. The molecule has 0 spiro atoms. The molecule has 3 heteroatoms. The Bertz CT molecular complexity index is 549. The van der Waals surface area contributed by atoms with E-state index < -0.39 is 12.2 Å². The maximum absolute atomic E-state index is 12.8. The number of carbonyl (C=O) groups is 1. The number of hydrogen-bond donors (Lipinski definition) is 1. The van der Waals surface area contributed by atoms with Crippen molar-refractivity contribution in [2.75, 3.05) is 13.7 Å². The first-order valence-corrected chi connectivity index (χ1v) is 6.54. The lowest BCUT2D eigenvalue weighted by Gasteiger charge is -2.29. The Kier molecular flexibility index (Phi) is 4.66. The molecule has 0 amide bonds. The zero-order valence-electron chi connectivity index (χ0n) is 11.5. The summed E-state index contributed by atoms with van der Waals surface area (Å²) in [5.41, 5.74) is -0.175. The zero-order valence-corrected chi connectivity index (χ0v) is 11.5. The van der Waals surface area contributed by atoms with Crippen LogP contribution in [0.15, 0.2) is 66.3 Å². The van der Waals surface area contributed by atoms with Gasteiger partial charge >= 0.3 is 0 Å². The van der Waals surface area contributed by atoms with E-state index in [1.165, 1.54) is 7.11 Å². The second-order valence-electron chi connectivity index (χ2n) is 4.57. The van der Waals surface area contributed by atoms with Crippen LogP contribution in [0, 0.1) is 0 Å². The first-order chi connectivity index (χ1) is 9.74. The first-order valence-electron chi connectivity index (χ1n) is 6.54. The highest BCUT2D eigenvalue weighted by molar-refractivity contribution is 6.05. The van der Waals surface area contributed by atoms with Crippen LogP contribution >= 0.6 is 0 Å². The third-order valence-electron chi connectivity index (χ3n) is 3.42. The highest BCUT2D eigenvalue weighted by Gasteiger charge is 2.40. The third-order valence-corrected chi connectivity index (χ3v) is 3.42. The predicted molar refractivity (Wildman–Crippen MR) is 78.2 cm³/mol. The molecule has 0 aliphatic heterocycles. The van der Waals surface area contributed by atoms with Gasteiger partial charge in [-0.25, -0.2) is 0 Å². The van der Waals surface area contributed by atoms with Crippen LogP contribution in [0.4, 0.5) is 0 Å². The fraction of sp³-hybridized carbons (Fsp3) is 0.235. The molecule has 20 heavy (non-hydrogen) atoms. The Morgan fingerprint density at radius 3 is 2.70 bits per heavy atom. The molecule has 104 valence electrons. The second kappa shape index (κ2) is 6.46. The number of aliphatic hydroxyl groups is 1. The SMILES string of the molecule is COC(CO)(C(=O)C1=CC=CCC=C1)c1ccccc1. The van der Waals surface area contributed by atoms with Gasteiger partial charge in [-0.3, -0.25) is 4.79 Å². The van der Waals surface area contributed by atoms with Crippen molar-refractivity contribution in [2.45, 2.75) is 12.0 Å². The van der Waals surface area contributed by atoms with E-state index in [1.807, 2.05) is 36.4 Å². The van der Waals surface area contributed by atoms with Gasteiger partial charge in [0.2, 0.25) is 5.78 Å². The number of ether oxygens (including phenoxy) is 1. The summed E-state index contributed by atoms with van der Waals surface area (Å²) < 4.78 is 5.43. The lowest BCUT2D eigenvalue weighted by Crippen LogP contribution is -2.42. The number of hydrogen-bond acceptors (Lipinski definition) is 3. The lowest BCUT2D eigenvalue weighted by molar-refractivity contribution is -0.143. The van der Waals surface area contributed by atoms with Gasteiger partial charge in [0.25, 0.3) is 0 Å². The normalized spacial score (nSPS) is 17.2. The Morgan fingerprint density at radius 2 is 2.05 bits per heavy atom. The Hall–Kier alpha value is -1.97. The van der Waals surface area contributed by atoms with Crippen LogP contribution in [0.25, 0.3) is 0 Å². The minimum atomic E-state index is -1.35. The number of aliphatic hydroxyl groups excluding tert-OH is 1. The highest BCUT2D eigenvalue weighted by atomic mass is 16.5. The van der Waals surface area contributed by atoms with Crippen molar-refractivity contribution in [3.8, 4) is 0 Å². The Labute approximate surface area is 118 Å². The van der Waals surface area contributed by atoms with Gasteiger partial charge in [0, 0.05) is 12.7 Å². The molecule has 1 N–H and O–H groups in total. The summed E-state index contributed by atoms with van der Waals surface area (Å²) >= 11 is 0. The molecule has 1 aromatic rings. The average Bonchev–Trinajstić information content (AvgIpc) is 2.79. The van der Waals surface area contributed by atoms with Crippen LogP contribution in [0.5, 0.6) is 0 Å². The van der Waals surface area contributed by atoms with Crippen LogP contribution in [-0.2, 0) is 15.1 Å². The van der Waals surface area contributed by atoms with Crippen molar-refractivity contribution in [3.63, 3.8) is 0 Å². The average molecular weight is 270 g/mol. The van der Waals surface area contributed by atoms with Crippen molar-refractivity contribution in [3.05, 3.63) is 71.8 Å². The minimum Gasteiger partial charge on any atom is -0.392 e. The summed E-state index contributed by atoms with van der Waals surface area (Å²) in [5.74, 6) is -0.239. The van der Waals surface area contributed by atoms with Crippen LogP contribution in [0.3, 0.4) is 0 Å². The molecular formula is C17H18O3. The molecule has 1 aliphatic carbocycles. The number of ketones is 1. The molecule has 0 fully saturated rings. The van der Waals surface area contributed by atoms with Crippen molar-refractivity contribution >= 4 is 5.78 Å². The molecule has 3 nitrogen and oxygen atoms in total. The zero-order chi connectivity index (χ0) is 14.4. The van der Waals surface area contributed by atoms with Crippen LogP contribution in [0.2, 0.25) is 0 Å². The second-order valence-corrected chi connectivity index (χ2v) is 4.57. The largest absolute Gasteiger partial charge is 0.392 e. The molecule has 1 aliphatic rings. The molecular weight excluding hydrogens is 252 g/mol. The van der Waals surface area contributed by atoms with Crippen LogP contribution < -0.4 is 0 Å². The molecule has 2 rings (SSSR count). The third kappa shape index (κ3) is 2.64. The van der Waals surface area contributed by atoms with Gasteiger partial charge in [-0.1, -0.05) is 60.7 Å². The predicted octanol–water partition coefficient (Wildman–Crippen LogP) is 2.53. The van der Waals surface area contributed by atoms with E-state index >= 15 is 0 Å². The van der Waals surface area contributed by atoms with Gasteiger partial charge in [0.15, 0.2) is 5.60 Å². The number of carbonyl (C=O) groups excluding carboxylic acids is 1. The molecule has 0 saturated heterocycles. The van der Waals surface area contributed by atoms with Gasteiger partial charge in [0.1, 0.15) is 0 Å². The molecule has 0 radical (unpaired) electrons. The van der Waals surface area contributed by atoms with E-state index in [-0.39, 0.29) is 5.78 Å². The number of methoxy groups -OCH3 is 1. The maximum Gasteiger partial charge on any atom is 0.201 e. The quantitative estimate of drug-likeness (QED) is 0.894. The summed E-state index contributed by atoms with van der Waals surface area (Å²) in [4.78, 5) is 12.8. The topological polar surface area (TPSA) is 46.5 Å². The summed E-state index contributed by atoms with van der Waals surface area (Å²) in [6.45, 7) is -0.402. The Balaban J connectivity index is 2.45. The number of Topliss-reactive ketones (excluding diaryl/α,β-unsaturated/α-hetero) is 1. The van der Waals surface area contributed by atoms with E-state index in [2.05, 4.69) is 0 Å². The minimum absolute atomic E-state index is 0.239. The molecule has 0 aromatic heterocycles. The van der Waals surface area contributed by atoms with Crippen molar-refractivity contribution in [1.82, 2.24) is 0 Å². The smallest absolute Gasteiger partial charge is 0.201 e. The van der Waals surface area contributed by atoms with Gasteiger partial charge in [-0.05, 0) is 12.0 Å². The lowest BCUT2D eigenvalue weighted by atomic mass is 9.86. The summed E-state index contributed by atoms with van der Waals surface area (Å²) in [6.07, 6.45) is 10.0. The molecule has 0 saturated carbocycles. The van der Waals surface area contributed by atoms with Gasteiger partial charge in [0.05, 0.1) is 6.61 Å². The summed E-state index contributed by atoms with van der Waals surface area (Å²) in [5, 5.41) is 9.79. The Morgan fingerprint density at radius 1 is 1.30 bits per heavy atom. The summed E-state index contributed by atoms with van der Waals surface area (Å²) in [6, 6.07) is 9.08. The van der Waals surface area contributed by atoms with Crippen LogP contribution in [-0.4, -0.2) is 24.6 Å². The number of rotatable bonds is 5. The van der Waals surface area contributed by atoms with Gasteiger partial charge in [-0.15, -0.1) is 0 Å². The standard InChI is InChI=1S/C17H18O3/c1-20-17(13-18,15-11-7-4-8-12-15)16(19)14-9-5-2-3-6-10-14/h2,4-12,18H,3,13H2,1H3. The van der Waals surface area contributed by atoms with E-state index in [4.69, 9.17) is 4.74 Å². The summed E-state index contributed by atoms with van der Waals surface area (Å²) in [7, 11) is 1.44. The van der Waals surface area contributed by atoms with E-state index in [1.54, 1.807) is 24.3 Å². The molecule has 1 atom stereocenters. The highest BCUT2D eigenvalue weighted by Crippen LogP contribution is 2.29. The van der Waals surface area contributed by atoms with Gasteiger partial charge < -0.3 is 9.84 Å². The maximum atomic E-state index is 12.8. The van der Waals surface area contributed by atoms with E-state index in [0.717, 1.165) is 6.42 Å². The van der Waals surface area contributed by atoms with Crippen molar-refractivity contribution in [2.24, 2.45) is 0 Å². The molecule has 1 unspecified atom stereocenters. The van der Waals surface area contributed by atoms with E-state index in [0.29, 0.717) is 11.1 Å². The monoisotopic (exact) mass is 270 g/mol. The fourth-order valence-corrected chi connectivity index (χ4v) is 2.24. The first kappa shape index (κ1) is 14.4. The molecule has 1 aromatic carbocycles.